The van der Waals surface area contributed by atoms with Crippen molar-refractivity contribution in [3.63, 3.8) is 0 Å². The van der Waals surface area contributed by atoms with Crippen LogP contribution in [0.3, 0.4) is 0 Å². The van der Waals surface area contributed by atoms with E-state index >= 15 is 0 Å². The molecule has 1 atom stereocenters. The Labute approximate surface area is 146 Å². The van der Waals surface area contributed by atoms with Crippen molar-refractivity contribution in [3.05, 3.63) is 71.2 Å². The summed E-state index contributed by atoms with van der Waals surface area (Å²) in [6.45, 7) is 1.45. The van der Waals surface area contributed by atoms with Gasteiger partial charge in [0.05, 0.1) is 20.4 Å². The van der Waals surface area contributed by atoms with E-state index in [0.717, 1.165) is 29.2 Å². The van der Waals surface area contributed by atoms with Gasteiger partial charge in [-0.1, -0.05) is 41.9 Å². The summed E-state index contributed by atoms with van der Waals surface area (Å²) < 4.78 is 11.3. The normalized spacial score (nSPS) is 12.1. The summed E-state index contributed by atoms with van der Waals surface area (Å²) in [7, 11) is 3.76. The molecule has 5 heteroatoms. The number of nitrogens with zero attached hydrogens (tertiary/aromatic N) is 1. The Hall–Kier alpha value is -2.30. The van der Waals surface area contributed by atoms with Gasteiger partial charge >= 0.3 is 0 Å². The van der Waals surface area contributed by atoms with Crippen molar-refractivity contribution in [2.24, 2.45) is 0 Å². The molecule has 3 rings (SSSR count). The number of ether oxygens (including phenoxy) is 1. The van der Waals surface area contributed by atoms with Gasteiger partial charge in [0.15, 0.2) is 12.3 Å². The number of quaternary nitrogens is 1. The van der Waals surface area contributed by atoms with Gasteiger partial charge in [0.1, 0.15) is 12.3 Å². The molecular formula is C19H20ClN2O2+. The van der Waals surface area contributed by atoms with Crippen LogP contribution in [0.2, 0.25) is 5.02 Å². The third kappa shape index (κ3) is 3.96. The molecule has 2 aromatic carbocycles. The van der Waals surface area contributed by atoms with Crippen molar-refractivity contribution < 1.29 is 14.1 Å². The van der Waals surface area contributed by atoms with Gasteiger partial charge in [-0.3, -0.25) is 0 Å². The molecule has 1 unspecified atom stereocenters. The maximum Gasteiger partial charge on any atom is 0.250 e. The van der Waals surface area contributed by atoms with E-state index in [2.05, 4.69) is 12.0 Å². The number of benzene rings is 2. The van der Waals surface area contributed by atoms with Crippen LogP contribution >= 0.6 is 11.6 Å². The van der Waals surface area contributed by atoms with Crippen molar-refractivity contribution in [2.75, 3.05) is 14.2 Å². The molecule has 0 bridgehead atoms. The summed E-state index contributed by atoms with van der Waals surface area (Å²) in [4.78, 5) is 5.62. The molecule has 0 radical (unpaired) electrons. The molecule has 124 valence electrons. The average molecular weight is 344 g/mol. The Morgan fingerprint density at radius 1 is 1.12 bits per heavy atom. The minimum Gasteiger partial charge on any atom is -0.496 e. The van der Waals surface area contributed by atoms with E-state index in [4.69, 9.17) is 20.8 Å². The molecule has 1 N–H and O–H groups in total. The number of methoxy groups -OCH3 is 1. The van der Waals surface area contributed by atoms with E-state index in [-0.39, 0.29) is 0 Å². The second kappa shape index (κ2) is 7.51. The summed E-state index contributed by atoms with van der Waals surface area (Å²) in [5.74, 6) is 2.35. The number of rotatable bonds is 6. The molecule has 0 amide bonds. The summed E-state index contributed by atoms with van der Waals surface area (Å²) >= 11 is 6.09. The van der Waals surface area contributed by atoms with Crippen LogP contribution in [0, 0.1) is 0 Å². The van der Waals surface area contributed by atoms with Gasteiger partial charge in [-0.15, -0.1) is 0 Å². The number of hydrogen-bond acceptors (Lipinski definition) is 3. The van der Waals surface area contributed by atoms with Crippen LogP contribution in [0.15, 0.2) is 59.1 Å². The SMILES string of the molecule is COc1ccc(Cl)cc1C[NH+](C)Cc1ncc(-c2ccccc2)o1. The van der Waals surface area contributed by atoms with Gasteiger partial charge < -0.3 is 14.1 Å². The third-order valence-corrected chi connectivity index (χ3v) is 4.03. The lowest BCUT2D eigenvalue weighted by atomic mass is 10.2. The van der Waals surface area contributed by atoms with Crippen LogP contribution in [0.1, 0.15) is 11.5 Å². The minimum atomic E-state index is 0.683. The fourth-order valence-electron chi connectivity index (χ4n) is 2.66. The average Bonchev–Trinajstić information content (AvgIpc) is 3.04. The zero-order valence-electron chi connectivity index (χ0n) is 13.8. The Morgan fingerprint density at radius 2 is 1.92 bits per heavy atom. The van der Waals surface area contributed by atoms with Crippen LogP contribution < -0.4 is 9.64 Å². The quantitative estimate of drug-likeness (QED) is 0.747. The summed E-state index contributed by atoms with van der Waals surface area (Å²) in [5.41, 5.74) is 2.10. The molecular weight excluding hydrogens is 324 g/mol. The van der Waals surface area contributed by atoms with Crippen molar-refractivity contribution >= 4 is 11.6 Å². The highest BCUT2D eigenvalue weighted by molar-refractivity contribution is 6.30. The maximum absolute atomic E-state index is 6.09. The monoisotopic (exact) mass is 343 g/mol. The lowest BCUT2D eigenvalue weighted by Gasteiger charge is -2.14. The number of aromatic nitrogens is 1. The zero-order valence-corrected chi connectivity index (χ0v) is 14.5. The summed E-state index contributed by atoms with van der Waals surface area (Å²) in [5, 5.41) is 0.709. The Bertz CT molecular complexity index is 802. The molecule has 0 fully saturated rings. The van der Waals surface area contributed by atoms with Crippen LogP contribution in [0.5, 0.6) is 5.75 Å². The molecule has 3 aromatic rings. The van der Waals surface area contributed by atoms with E-state index in [1.807, 2.05) is 48.5 Å². The predicted octanol–water partition coefficient (Wildman–Crippen LogP) is 3.22. The first-order valence-corrected chi connectivity index (χ1v) is 8.17. The van der Waals surface area contributed by atoms with Crippen LogP contribution in [-0.2, 0) is 13.1 Å². The van der Waals surface area contributed by atoms with Crippen LogP contribution in [-0.4, -0.2) is 19.1 Å². The topological polar surface area (TPSA) is 39.7 Å². The molecule has 0 aliphatic carbocycles. The van der Waals surface area contributed by atoms with Gasteiger partial charge in [0, 0.05) is 16.1 Å². The lowest BCUT2D eigenvalue weighted by Crippen LogP contribution is -3.06. The molecule has 0 spiro atoms. The fourth-order valence-corrected chi connectivity index (χ4v) is 2.85. The van der Waals surface area contributed by atoms with E-state index in [1.54, 1.807) is 13.3 Å². The smallest absolute Gasteiger partial charge is 0.250 e. The Kier molecular flexibility index (Phi) is 5.18. The predicted molar refractivity (Wildman–Crippen MR) is 94.2 cm³/mol. The van der Waals surface area contributed by atoms with Gasteiger partial charge in [-0.05, 0) is 18.2 Å². The standard InChI is InChI=1S/C19H19ClN2O2/c1-22(12-15-10-16(20)8-9-17(15)23-2)13-19-21-11-18(24-19)14-6-4-3-5-7-14/h3-11H,12-13H2,1-2H3/p+1. The molecule has 24 heavy (non-hydrogen) atoms. The highest BCUT2D eigenvalue weighted by Crippen LogP contribution is 2.22. The molecule has 4 nitrogen and oxygen atoms in total. The second-order valence-corrected chi connectivity index (χ2v) is 6.19. The maximum atomic E-state index is 6.09. The zero-order chi connectivity index (χ0) is 16.9. The van der Waals surface area contributed by atoms with Crippen molar-refractivity contribution in [3.8, 4) is 17.1 Å². The molecule has 0 aliphatic heterocycles. The molecule has 1 heterocycles. The molecule has 0 aliphatic rings. The van der Waals surface area contributed by atoms with Crippen molar-refractivity contribution in [1.29, 1.82) is 0 Å². The molecule has 0 saturated heterocycles. The van der Waals surface area contributed by atoms with Crippen LogP contribution in [0.25, 0.3) is 11.3 Å². The number of hydrogen-bond donors (Lipinski definition) is 1. The van der Waals surface area contributed by atoms with E-state index in [9.17, 15) is 0 Å². The number of oxazole rings is 1. The first kappa shape index (κ1) is 16.6. The van der Waals surface area contributed by atoms with Gasteiger partial charge in [-0.25, -0.2) is 4.98 Å². The second-order valence-electron chi connectivity index (χ2n) is 5.75. The number of halogens is 1. The fraction of sp³-hybridized carbons (Fsp3) is 0.211. The highest BCUT2D eigenvalue weighted by Gasteiger charge is 2.14. The van der Waals surface area contributed by atoms with E-state index in [1.165, 1.54) is 4.90 Å². The highest BCUT2D eigenvalue weighted by atomic mass is 35.5. The first-order valence-electron chi connectivity index (χ1n) is 7.79. The Morgan fingerprint density at radius 3 is 2.67 bits per heavy atom. The van der Waals surface area contributed by atoms with Crippen molar-refractivity contribution in [1.82, 2.24) is 4.98 Å². The lowest BCUT2D eigenvalue weighted by molar-refractivity contribution is -0.909. The molecule has 0 saturated carbocycles. The van der Waals surface area contributed by atoms with E-state index in [0.29, 0.717) is 17.5 Å². The van der Waals surface area contributed by atoms with E-state index < -0.39 is 0 Å². The van der Waals surface area contributed by atoms with Crippen molar-refractivity contribution in [2.45, 2.75) is 13.1 Å². The van der Waals surface area contributed by atoms with Crippen LogP contribution in [0.4, 0.5) is 0 Å². The van der Waals surface area contributed by atoms with Gasteiger partial charge in [-0.2, -0.15) is 0 Å². The molecule has 1 aromatic heterocycles. The summed E-state index contributed by atoms with van der Waals surface area (Å²) in [6, 6.07) is 15.6. The largest absolute Gasteiger partial charge is 0.496 e. The minimum absolute atomic E-state index is 0.683. The summed E-state index contributed by atoms with van der Waals surface area (Å²) in [6.07, 6.45) is 1.78. The third-order valence-electron chi connectivity index (χ3n) is 3.80. The van der Waals surface area contributed by atoms with Gasteiger partial charge in [0.2, 0.25) is 0 Å². The first-order chi connectivity index (χ1) is 11.7. The Balaban J connectivity index is 1.69. The number of nitrogens with one attached hydrogen (secondary N) is 1. The van der Waals surface area contributed by atoms with Gasteiger partial charge in [0.25, 0.3) is 5.89 Å².